The van der Waals surface area contributed by atoms with Gasteiger partial charge in [0.15, 0.2) is 5.01 Å². The Labute approximate surface area is 154 Å². The smallest absolute Gasteiger partial charge is 0.414 e. The van der Waals surface area contributed by atoms with Gasteiger partial charge in [-0.25, -0.2) is 9.18 Å². The van der Waals surface area contributed by atoms with Crippen LogP contribution in [0.5, 0.6) is 0 Å². The van der Waals surface area contributed by atoms with Crippen molar-refractivity contribution in [2.75, 3.05) is 24.2 Å². The summed E-state index contributed by atoms with van der Waals surface area (Å²) in [5, 5.41) is 10.5. The van der Waals surface area contributed by atoms with Crippen LogP contribution in [-0.4, -0.2) is 51.9 Å². The zero-order chi connectivity index (χ0) is 18.8. The molecule has 0 radical (unpaired) electrons. The van der Waals surface area contributed by atoms with Gasteiger partial charge in [0.25, 0.3) is 0 Å². The van der Waals surface area contributed by atoms with Crippen molar-refractivity contribution < 1.29 is 22.9 Å². The van der Waals surface area contributed by atoms with Crippen LogP contribution in [0.4, 0.5) is 14.9 Å². The number of amides is 2. The Hall–Kier alpha value is -2.40. The summed E-state index contributed by atoms with van der Waals surface area (Å²) in [5.41, 5.74) is 0.552. The van der Waals surface area contributed by atoms with Gasteiger partial charge in [0.2, 0.25) is 10.2 Å². The molecule has 1 N–H and O–H groups in total. The highest BCUT2D eigenvalue weighted by Gasteiger charge is 2.32. The number of rotatable bonds is 5. The molecule has 0 saturated carbocycles. The van der Waals surface area contributed by atoms with E-state index >= 15 is 0 Å². The normalized spacial score (nSPS) is 17.9. The minimum Gasteiger partial charge on any atom is -0.442 e. The number of hydrogen-bond donors (Lipinski definition) is 1. The van der Waals surface area contributed by atoms with E-state index in [0.717, 1.165) is 11.3 Å². The van der Waals surface area contributed by atoms with Crippen LogP contribution in [0.1, 0.15) is 6.92 Å². The standard InChI is InChI=1S/C15H15FN4O4S2/c1-8(21)17-6-10-7-20(15(22)24-10)9-3-4-11(12(16)5-9)13-18-19-14(25-13)26(2)23/h3-5,10H,6-7H2,1-2H3,(H,17,21)/t10-,26-/m0/s1. The Morgan fingerprint density at radius 1 is 1.50 bits per heavy atom. The van der Waals surface area contributed by atoms with E-state index in [9.17, 15) is 18.2 Å². The molecule has 1 aliphatic heterocycles. The lowest BCUT2D eigenvalue weighted by molar-refractivity contribution is -0.119. The number of benzene rings is 1. The second-order valence-electron chi connectivity index (χ2n) is 5.54. The maximum absolute atomic E-state index is 14.5. The SMILES string of the molecule is CC(=O)NC[C@H]1CN(c2ccc(-c3nnc([S@](C)=O)s3)c(F)c2)C(=O)O1. The molecule has 8 nitrogen and oxygen atoms in total. The van der Waals surface area contributed by atoms with E-state index in [1.807, 2.05) is 0 Å². The fourth-order valence-corrected chi connectivity index (χ4v) is 3.84. The first kappa shape index (κ1) is 18.4. The van der Waals surface area contributed by atoms with Crippen molar-refractivity contribution in [1.82, 2.24) is 15.5 Å². The summed E-state index contributed by atoms with van der Waals surface area (Å²) in [4.78, 5) is 24.2. The van der Waals surface area contributed by atoms with Crippen molar-refractivity contribution in [1.29, 1.82) is 0 Å². The van der Waals surface area contributed by atoms with E-state index < -0.39 is 28.8 Å². The molecule has 11 heteroatoms. The Balaban J connectivity index is 1.77. The van der Waals surface area contributed by atoms with Crippen molar-refractivity contribution >= 4 is 39.8 Å². The summed E-state index contributed by atoms with van der Waals surface area (Å²) in [5.74, 6) is -0.801. The van der Waals surface area contributed by atoms with Gasteiger partial charge in [-0.15, -0.1) is 10.2 Å². The number of carbonyl (C=O) groups is 2. The van der Waals surface area contributed by atoms with Crippen LogP contribution in [0.25, 0.3) is 10.6 Å². The van der Waals surface area contributed by atoms with Crippen molar-refractivity contribution in [2.45, 2.75) is 17.4 Å². The molecule has 0 aliphatic carbocycles. The van der Waals surface area contributed by atoms with E-state index in [0.29, 0.717) is 15.0 Å². The Kier molecular flexibility index (Phi) is 5.28. The van der Waals surface area contributed by atoms with Crippen LogP contribution in [0.15, 0.2) is 22.5 Å². The van der Waals surface area contributed by atoms with Crippen molar-refractivity contribution in [3.63, 3.8) is 0 Å². The molecule has 3 rings (SSSR count). The van der Waals surface area contributed by atoms with Crippen LogP contribution >= 0.6 is 11.3 Å². The van der Waals surface area contributed by atoms with Gasteiger partial charge in [0.05, 0.1) is 29.6 Å². The highest BCUT2D eigenvalue weighted by Crippen LogP contribution is 2.31. The molecule has 1 aromatic heterocycles. The molecule has 1 saturated heterocycles. The molecule has 138 valence electrons. The Bertz CT molecular complexity index is 888. The van der Waals surface area contributed by atoms with Gasteiger partial charge in [-0.2, -0.15) is 0 Å². The molecular weight excluding hydrogens is 383 g/mol. The second kappa shape index (κ2) is 7.46. The molecule has 1 fully saturated rings. The van der Waals surface area contributed by atoms with Gasteiger partial charge in [0.1, 0.15) is 11.9 Å². The largest absolute Gasteiger partial charge is 0.442 e. The summed E-state index contributed by atoms with van der Waals surface area (Å²) in [6, 6.07) is 4.27. The third kappa shape index (κ3) is 3.88. The Morgan fingerprint density at radius 2 is 2.27 bits per heavy atom. The van der Waals surface area contributed by atoms with E-state index in [1.54, 1.807) is 6.07 Å². The van der Waals surface area contributed by atoms with Crippen molar-refractivity contribution in [3.8, 4) is 10.6 Å². The number of anilines is 1. The lowest BCUT2D eigenvalue weighted by atomic mass is 10.2. The van der Waals surface area contributed by atoms with Crippen molar-refractivity contribution in [3.05, 3.63) is 24.0 Å². The molecular formula is C15H15FN4O4S2. The number of aromatic nitrogens is 2. The molecule has 2 aromatic rings. The number of hydrogen-bond acceptors (Lipinski definition) is 7. The summed E-state index contributed by atoms with van der Waals surface area (Å²) < 4.78 is 31.4. The predicted octanol–water partition coefficient (Wildman–Crippen LogP) is 1.54. The number of halogens is 1. The maximum atomic E-state index is 14.5. The fraction of sp³-hybridized carbons (Fsp3) is 0.333. The van der Waals surface area contributed by atoms with Gasteiger partial charge in [-0.1, -0.05) is 11.3 Å². The average molecular weight is 398 g/mol. The second-order valence-corrected chi connectivity index (χ2v) is 8.08. The van der Waals surface area contributed by atoms with Crippen LogP contribution in [-0.2, 0) is 20.3 Å². The summed E-state index contributed by atoms with van der Waals surface area (Å²) in [6.45, 7) is 1.77. The molecule has 0 unspecified atom stereocenters. The number of nitrogens with one attached hydrogen (secondary N) is 1. The highest BCUT2D eigenvalue weighted by atomic mass is 32.2. The fourth-order valence-electron chi connectivity index (χ4n) is 2.38. The van der Waals surface area contributed by atoms with E-state index in [2.05, 4.69) is 15.5 Å². The van der Waals surface area contributed by atoms with Gasteiger partial charge in [-0.3, -0.25) is 13.9 Å². The molecule has 0 bridgehead atoms. The molecule has 1 aliphatic rings. The number of cyclic esters (lactones) is 1. The number of nitrogens with zero attached hydrogens (tertiary/aromatic N) is 3. The summed E-state index contributed by atoms with van der Waals surface area (Å²) in [7, 11) is -1.29. The monoisotopic (exact) mass is 398 g/mol. The Morgan fingerprint density at radius 3 is 2.88 bits per heavy atom. The minimum atomic E-state index is -1.29. The summed E-state index contributed by atoms with van der Waals surface area (Å²) in [6.07, 6.45) is 0.367. The molecule has 0 spiro atoms. The van der Waals surface area contributed by atoms with Gasteiger partial charge in [-0.05, 0) is 18.2 Å². The molecule has 2 heterocycles. The highest BCUT2D eigenvalue weighted by molar-refractivity contribution is 7.86. The average Bonchev–Trinajstić information content (AvgIpc) is 3.20. The summed E-state index contributed by atoms with van der Waals surface area (Å²) >= 11 is 1.05. The van der Waals surface area contributed by atoms with Crippen LogP contribution in [0.2, 0.25) is 0 Å². The van der Waals surface area contributed by atoms with E-state index in [-0.39, 0.29) is 24.6 Å². The lowest BCUT2D eigenvalue weighted by Gasteiger charge is -2.14. The number of carbonyl (C=O) groups excluding carboxylic acids is 2. The van der Waals surface area contributed by atoms with Gasteiger partial charge in [0, 0.05) is 18.7 Å². The first-order valence-electron chi connectivity index (χ1n) is 7.54. The molecule has 1 aromatic carbocycles. The zero-order valence-electron chi connectivity index (χ0n) is 13.9. The first-order chi connectivity index (χ1) is 12.3. The van der Waals surface area contributed by atoms with Crippen molar-refractivity contribution in [2.24, 2.45) is 0 Å². The van der Waals surface area contributed by atoms with Crippen LogP contribution in [0, 0.1) is 5.82 Å². The number of ether oxygens (including phenoxy) is 1. The van der Waals surface area contributed by atoms with Crippen LogP contribution in [0.3, 0.4) is 0 Å². The van der Waals surface area contributed by atoms with Gasteiger partial charge >= 0.3 is 6.09 Å². The molecule has 26 heavy (non-hydrogen) atoms. The zero-order valence-corrected chi connectivity index (χ0v) is 15.5. The third-order valence-electron chi connectivity index (χ3n) is 3.60. The quantitative estimate of drug-likeness (QED) is 0.820. The predicted molar refractivity (Wildman–Crippen MR) is 93.9 cm³/mol. The third-order valence-corrected chi connectivity index (χ3v) is 5.88. The van der Waals surface area contributed by atoms with E-state index in [4.69, 9.17) is 4.74 Å². The first-order valence-corrected chi connectivity index (χ1v) is 9.92. The topological polar surface area (TPSA) is 101 Å². The lowest BCUT2D eigenvalue weighted by Crippen LogP contribution is -2.33. The van der Waals surface area contributed by atoms with E-state index in [1.165, 1.54) is 30.2 Å². The maximum Gasteiger partial charge on any atom is 0.414 e. The van der Waals surface area contributed by atoms with Gasteiger partial charge < -0.3 is 10.1 Å². The molecule has 2 atom stereocenters. The van der Waals surface area contributed by atoms with Crippen LogP contribution < -0.4 is 10.2 Å². The minimum absolute atomic E-state index is 0.194. The molecule has 2 amide bonds.